The first-order chi connectivity index (χ1) is 13.2. The minimum atomic E-state index is -0.869. The Hall–Kier alpha value is -2.70. The summed E-state index contributed by atoms with van der Waals surface area (Å²) in [7, 11) is -0.691. The van der Waals surface area contributed by atoms with Gasteiger partial charge in [-0.2, -0.15) is 0 Å². The smallest absolute Gasteiger partial charge is 0.328 e. The fourth-order valence-electron chi connectivity index (χ4n) is 4.15. The number of hydrogen-bond donors (Lipinski definition) is 1. The molecule has 1 aliphatic rings. The maximum absolute atomic E-state index is 11.8. The second-order valence-corrected chi connectivity index (χ2v) is 9.04. The Morgan fingerprint density at radius 1 is 0.815 bits per heavy atom. The highest BCUT2D eigenvalue weighted by Gasteiger charge is 2.47. The molecule has 1 fully saturated rings. The molecule has 1 N–H and O–H groups in total. The molecule has 0 bridgehead atoms. The van der Waals surface area contributed by atoms with E-state index in [1.165, 1.54) is 22.5 Å². The van der Waals surface area contributed by atoms with Gasteiger partial charge in [0.1, 0.15) is 0 Å². The normalized spacial score (nSPS) is 19.9. The van der Waals surface area contributed by atoms with Crippen LogP contribution >= 0.6 is 7.92 Å². The van der Waals surface area contributed by atoms with Crippen molar-refractivity contribution in [2.45, 2.75) is 11.8 Å². The first-order valence-corrected chi connectivity index (χ1v) is 10.6. The molecule has 0 aromatic heterocycles. The Kier molecular flexibility index (Phi) is 4.92. The summed E-state index contributed by atoms with van der Waals surface area (Å²) in [6.07, 6.45) is 3.38. The molecule has 0 aliphatic carbocycles. The number of aliphatic carboxylic acids is 1. The van der Waals surface area contributed by atoms with E-state index in [1.54, 1.807) is 0 Å². The number of hydrogen-bond acceptors (Lipinski definition) is 1. The topological polar surface area (TPSA) is 37.3 Å². The molecule has 3 heteroatoms. The summed E-state index contributed by atoms with van der Waals surface area (Å²) < 4.78 is 0. The van der Waals surface area contributed by atoms with Gasteiger partial charge in [-0.05, 0) is 42.2 Å². The van der Waals surface area contributed by atoms with E-state index in [1.807, 2.05) is 54.6 Å². The molecule has 0 spiro atoms. The van der Waals surface area contributed by atoms with Crippen molar-refractivity contribution in [3.05, 3.63) is 114 Å². The lowest BCUT2D eigenvalue weighted by atomic mass is 9.72. The van der Waals surface area contributed by atoms with Crippen LogP contribution in [0.15, 0.2) is 102 Å². The van der Waals surface area contributed by atoms with E-state index in [9.17, 15) is 9.90 Å². The largest absolute Gasteiger partial charge is 0.478 e. The van der Waals surface area contributed by atoms with Crippen LogP contribution in [0.4, 0.5) is 0 Å². The van der Waals surface area contributed by atoms with Gasteiger partial charge in [0, 0.05) is 11.5 Å². The Bertz CT molecular complexity index is 910. The lowest BCUT2D eigenvalue weighted by molar-refractivity contribution is -0.131. The zero-order valence-electron chi connectivity index (χ0n) is 15.0. The van der Waals surface area contributed by atoms with Gasteiger partial charge in [-0.3, -0.25) is 0 Å². The van der Waals surface area contributed by atoms with Gasteiger partial charge in [-0.15, -0.1) is 0 Å². The van der Waals surface area contributed by atoms with E-state index in [-0.39, 0.29) is 5.41 Å². The van der Waals surface area contributed by atoms with Crippen molar-refractivity contribution in [3.63, 3.8) is 0 Å². The summed E-state index contributed by atoms with van der Waals surface area (Å²) in [4.78, 5) is 11.8. The van der Waals surface area contributed by atoms with Crippen molar-refractivity contribution in [2.24, 2.45) is 0 Å². The van der Waals surface area contributed by atoms with Gasteiger partial charge < -0.3 is 5.11 Å². The van der Waals surface area contributed by atoms with Crippen molar-refractivity contribution < 1.29 is 9.90 Å². The highest BCUT2D eigenvalue weighted by molar-refractivity contribution is 7.70. The number of carboxylic acids is 1. The molecule has 1 aliphatic heterocycles. The average molecular weight is 372 g/mol. The average Bonchev–Trinajstić information content (AvgIpc) is 3.09. The molecule has 1 heterocycles. The van der Waals surface area contributed by atoms with Crippen molar-refractivity contribution in [1.29, 1.82) is 0 Å². The molecule has 3 aromatic carbocycles. The fourth-order valence-corrected chi connectivity index (χ4v) is 7.11. The third-order valence-corrected chi connectivity index (χ3v) is 7.98. The van der Waals surface area contributed by atoms with Crippen LogP contribution in [0.1, 0.15) is 17.5 Å². The lowest BCUT2D eigenvalue weighted by Gasteiger charge is -2.33. The van der Waals surface area contributed by atoms with Crippen LogP contribution in [0, 0.1) is 0 Å². The molecule has 4 rings (SSSR count). The molecule has 27 heavy (non-hydrogen) atoms. The SMILES string of the molecule is O=C(O)C=C1P(c2ccccc2)CCC1(c1ccccc1)c1ccccc1. The predicted octanol–water partition coefficient (Wildman–Crippen LogP) is 5.15. The first kappa shape index (κ1) is 17.7. The number of allylic oxidation sites excluding steroid dienone is 1. The van der Waals surface area contributed by atoms with E-state index in [0.717, 1.165) is 17.9 Å². The van der Waals surface area contributed by atoms with Gasteiger partial charge in [0.25, 0.3) is 0 Å². The second-order valence-electron chi connectivity index (χ2n) is 6.74. The molecular formula is C24H21O2P. The highest BCUT2D eigenvalue weighted by atomic mass is 31.1. The maximum Gasteiger partial charge on any atom is 0.328 e. The summed E-state index contributed by atoms with van der Waals surface area (Å²) in [6.45, 7) is 0. The van der Waals surface area contributed by atoms with Gasteiger partial charge >= 0.3 is 5.97 Å². The highest BCUT2D eigenvalue weighted by Crippen LogP contribution is 2.64. The molecule has 1 saturated heterocycles. The molecule has 0 saturated carbocycles. The van der Waals surface area contributed by atoms with Gasteiger partial charge in [-0.25, -0.2) is 4.79 Å². The summed E-state index contributed by atoms with van der Waals surface area (Å²) in [5.74, 6) is -0.869. The van der Waals surface area contributed by atoms with Crippen molar-refractivity contribution in [2.75, 3.05) is 6.16 Å². The Labute approximate surface area is 160 Å². The monoisotopic (exact) mass is 372 g/mol. The van der Waals surface area contributed by atoms with Crippen LogP contribution in [0.5, 0.6) is 0 Å². The van der Waals surface area contributed by atoms with E-state index < -0.39 is 13.9 Å². The van der Waals surface area contributed by atoms with Crippen molar-refractivity contribution in [1.82, 2.24) is 0 Å². The maximum atomic E-state index is 11.8. The molecule has 0 amide bonds. The van der Waals surface area contributed by atoms with Gasteiger partial charge in [-0.1, -0.05) is 91.0 Å². The summed E-state index contributed by atoms with van der Waals surface area (Å²) in [5.41, 5.74) is 1.96. The van der Waals surface area contributed by atoms with Crippen LogP contribution in [0.2, 0.25) is 0 Å². The summed E-state index contributed by atoms with van der Waals surface area (Å²) >= 11 is 0. The van der Waals surface area contributed by atoms with E-state index >= 15 is 0 Å². The Morgan fingerprint density at radius 2 is 1.30 bits per heavy atom. The molecule has 0 radical (unpaired) electrons. The zero-order chi connectivity index (χ0) is 18.7. The predicted molar refractivity (Wildman–Crippen MR) is 112 cm³/mol. The van der Waals surface area contributed by atoms with Crippen LogP contribution in [0.25, 0.3) is 0 Å². The van der Waals surface area contributed by atoms with Crippen molar-refractivity contribution >= 4 is 19.2 Å². The lowest BCUT2D eigenvalue weighted by Crippen LogP contribution is -2.27. The Balaban J connectivity index is 1.96. The van der Waals surface area contributed by atoms with Gasteiger partial charge in [0.15, 0.2) is 0 Å². The standard InChI is InChI=1S/C24H21O2P/c25-23(26)18-22-24(19-10-4-1-5-11-19,20-12-6-2-7-13-20)16-17-27(22)21-14-8-3-9-15-21/h1-15,18H,16-17H2,(H,25,26). The molecule has 2 nitrogen and oxygen atoms in total. The van der Waals surface area contributed by atoms with Crippen LogP contribution in [0.3, 0.4) is 0 Å². The molecule has 1 unspecified atom stereocenters. The van der Waals surface area contributed by atoms with E-state index in [4.69, 9.17) is 0 Å². The second kappa shape index (κ2) is 7.50. The summed E-state index contributed by atoms with van der Waals surface area (Å²) in [5, 5.41) is 12.0. The van der Waals surface area contributed by atoms with E-state index in [2.05, 4.69) is 36.4 Å². The fraction of sp³-hybridized carbons (Fsp3) is 0.125. The van der Waals surface area contributed by atoms with Crippen LogP contribution < -0.4 is 5.30 Å². The third-order valence-electron chi connectivity index (χ3n) is 5.30. The Morgan fingerprint density at radius 3 is 1.78 bits per heavy atom. The molecule has 1 atom stereocenters. The minimum Gasteiger partial charge on any atom is -0.478 e. The van der Waals surface area contributed by atoms with Crippen LogP contribution in [-0.4, -0.2) is 17.2 Å². The number of carbonyl (C=O) groups is 1. The molecular weight excluding hydrogens is 351 g/mol. The third kappa shape index (κ3) is 3.22. The minimum absolute atomic E-state index is 0.386. The molecule has 134 valence electrons. The van der Waals surface area contributed by atoms with Crippen molar-refractivity contribution in [3.8, 4) is 0 Å². The van der Waals surface area contributed by atoms with Gasteiger partial charge in [0.2, 0.25) is 0 Å². The zero-order valence-corrected chi connectivity index (χ0v) is 15.8. The number of benzene rings is 3. The number of carboxylic acid groups (broad SMARTS) is 1. The summed E-state index contributed by atoms with van der Waals surface area (Å²) in [6, 6.07) is 31.1. The molecule has 3 aromatic rings. The van der Waals surface area contributed by atoms with Crippen LogP contribution in [-0.2, 0) is 10.2 Å². The quantitative estimate of drug-likeness (QED) is 0.508. The first-order valence-electron chi connectivity index (χ1n) is 9.10. The number of rotatable bonds is 4. The van der Waals surface area contributed by atoms with Gasteiger partial charge in [0.05, 0.1) is 0 Å². The van der Waals surface area contributed by atoms with E-state index in [0.29, 0.717) is 0 Å².